The molecular weight excluding hydrogens is 224 g/mol. The average Bonchev–Trinajstić information content (AvgIpc) is 2.34. The fourth-order valence-electron chi connectivity index (χ4n) is 1.66. The molecule has 0 aliphatic heterocycles. The van der Waals surface area contributed by atoms with Crippen molar-refractivity contribution in [2.24, 2.45) is 0 Å². The van der Waals surface area contributed by atoms with Gasteiger partial charge >= 0.3 is 0 Å². The second-order valence-corrected chi connectivity index (χ2v) is 4.52. The number of nitrogens with zero attached hydrogens (tertiary/aromatic N) is 3. The Hall–Kier alpha value is -2.10. The molecule has 18 heavy (non-hydrogen) atoms. The van der Waals surface area contributed by atoms with Gasteiger partial charge in [0.15, 0.2) is 0 Å². The van der Waals surface area contributed by atoms with Crippen LogP contribution in [0, 0.1) is 13.8 Å². The summed E-state index contributed by atoms with van der Waals surface area (Å²) in [4.78, 5) is 10.6. The van der Waals surface area contributed by atoms with Gasteiger partial charge in [0.05, 0.1) is 0 Å². The quantitative estimate of drug-likeness (QED) is 0.898. The van der Waals surface area contributed by atoms with E-state index in [4.69, 9.17) is 0 Å². The molecule has 2 rings (SSSR count). The molecule has 94 valence electrons. The maximum atomic E-state index is 4.41. The molecule has 0 spiro atoms. The number of nitrogens with one attached hydrogen (secondary N) is 1. The Balaban J connectivity index is 2.28. The summed E-state index contributed by atoms with van der Waals surface area (Å²) >= 11 is 0. The van der Waals surface area contributed by atoms with Crippen LogP contribution in [0.25, 0.3) is 0 Å². The molecule has 2 aromatic rings. The lowest BCUT2D eigenvalue weighted by atomic mass is 10.2. The van der Waals surface area contributed by atoms with Crippen LogP contribution in [0.1, 0.15) is 11.4 Å². The molecule has 4 nitrogen and oxygen atoms in total. The lowest BCUT2D eigenvalue weighted by Crippen LogP contribution is -2.08. The summed E-state index contributed by atoms with van der Waals surface area (Å²) in [7, 11) is 4.05. The Bertz CT molecular complexity index is 549. The second-order valence-electron chi connectivity index (χ2n) is 4.52. The highest BCUT2D eigenvalue weighted by Gasteiger charge is 2.03. The van der Waals surface area contributed by atoms with Crippen LogP contribution in [0.3, 0.4) is 0 Å². The van der Waals surface area contributed by atoms with Crippen molar-refractivity contribution >= 4 is 17.2 Å². The van der Waals surface area contributed by atoms with Gasteiger partial charge in [-0.1, -0.05) is 6.07 Å². The molecular formula is C14H18N4. The first-order valence-electron chi connectivity index (χ1n) is 5.91. The molecule has 1 N–H and O–H groups in total. The van der Waals surface area contributed by atoms with Crippen molar-refractivity contribution in [1.82, 2.24) is 9.97 Å². The number of hydrogen-bond acceptors (Lipinski definition) is 4. The Kier molecular flexibility index (Phi) is 3.46. The van der Waals surface area contributed by atoms with E-state index in [1.165, 1.54) is 0 Å². The number of aromatic nitrogens is 2. The number of benzene rings is 1. The van der Waals surface area contributed by atoms with Gasteiger partial charge in [-0.05, 0) is 32.0 Å². The Morgan fingerprint density at radius 3 is 2.67 bits per heavy atom. The van der Waals surface area contributed by atoms with Gasteiger partial charge in [-0.3, -0.25) is 0 Å². The van der Waals surface area contributed by atoms with Gasteiger partial charge in [0.1, 0.15) is 11.6 Å². The molecule has 1 heterocycles. The van der Waals surface area contributed by atoms with Crippen molar-refractivity contribution in [1.29, 1.82) is 0 Å². The predicted octanol–water partition coefficient (Wildman–Crippen LogP) is 2.90. The highest BCUT2D eigenvalue weighted by atomic mass is 15.1. The van der Waals surface area contributed by atoms with Gasteiger partial charge in [-0.15, -0.1) is 0 Å². The van der Waals surface area contributed by atoms with E-state index < -0.39 is 0 Å². The van der Waals surface area contributed by atoms with E-state index in [1.807, 2.05) is 46.3 Å². The van der Waals surface area contributed by atoms with Crippen LogP contribution in [0.5, 0.6) is 0 Å². The van der Waals surface area contributed by atoms with Gasteiger partial charge in [-0.2, -0.15) is 0 Å². The Labute approximate surface area is 108 Å². The van der Waals surface area contributed by atoms with Crippen LogP contribution < -0.4 is 10.2 Å². The second kappa shape index (κ2) is 5.04. The number of aryl methyl sites for hydroxylation is 2. The fourth-order valence-corrected chi connectivity index (χ4v) is 1.66. The molecule has 0 bridgehead atoms. The van der Waals surface area contributed by atoms with E-state index in [1.54, 1.807) is 0 Å². The zero-order valence-electron chi connectivity index (χ0n) is 11.2. The van der Waals surface area contributed by atoms with Crippen molar-refractivity contribution in [2.75, 3.05) is 24.3 Å². The maximum Gasteiger partial charge on any atom is 0.136 e. The first-order chi connectivity index (χ1) is 8.56. The molecule has 1 aromatic heterocycles. The lowest BCUT2D eigenvalue weighted by Gasteiger charge is -2.15. The van der Waals surface area contributed by atoms with Crippen molar-refractivity contribution in [2.45, 2.75) is 13.8 Å². The summed E-state index contributed by atoms with van der Waals surface area (Å²) in [6.45, 7) is 3.89. The Morgan fingerprint density at radius 1 is 1.17 bits per heavy atom. The van der Waals surface area contributed by atoms with Crippen LogP contribution in [0.15, 0.2) is 30.5 Å². The van der Waals surface area contributed by atoms with Gasteiger partial charge in [-0.25, -0.2) is 9.97 Å². The molecule has 1 aromatic carbocycles. The number of hydrogen-bond donors (Lipinski definition) is 1. The highest BCUT2D eigenvalue weighted by Crippen LogP contribution is 2.22. The maximum absolute atomic E-state index is 4.41. The van der Waals surface area contributed by atoms with Crippen molar-refractivity contribution in [3.63, 3.8) is 0 Å². The van der Waals surface area contributed by atoms with Gasteiger partial charge < -0.3 is 10.2 Å². The summed E-state index contributed by atoms with van der Waals surface area (Å²) < 4.78 is 0. The third-order valence-corrected chi connectivity index (χ3v) is 2.72. The number of anilines is 3. The normalized spacial score (nSPS) is 10.2. The Morgan fingerprint density at radius 2 is 1.94 bits per heavy atom. The first-order valence-corrected chi connectivity index (χ1v) is 5.91. The van der Waals surface area contributed by atoms with E-state index in [-0.39, 0.29) is 0 Å². The summed E-state index contributed by atoms with van der Waals surface area (Å²) in [5.74, 6) is 1.63. The largest absolute Gasteiger partial charge is 0.378 e. The molecule has 0 atom stereocenters. The molecule has 4 heteroatoms. The molecule has 0 unspecified atom stereocenters. The van der Waals surface area contributed by atoms with E-state index in [0.29, 0.717) is 0 Å². The lowest BCUT2D eigenvalue weighted by molar-refractivity contribution is 1.03. The van der Waals surface area contributed by atoms with Crippen LogP contribution in [-0.2, 0) is 0 Å². The van der Waals surface area contributed by atoms with Crippen LogP contribution in [0.2, 0.25) is 0 Å². The van der Waals surface area contributed by atoms with Crippen LogP contribution in [0.4, 0.5) is 17.2 Å². The van der Waals surface area contributed by atoms with Crippen molar-refractivity contribution in [3.8, 4) is 0 Å². The molecule has 0 amide bonds. The topological polar surface area (TPSA) is 41.1 Å². The summed E-state index contributed by atoms with van der Waals surface area (Å²) in [5.41, 5.74) is 3.22. The summed E-state index contributed by atoms with van der Waals surface area (Å²) in [5, 5.41) is 3.33. The molecule has 0 saturated carbocycles. The zero-order valence-corrected chi connectivity index (χ0v) is 11.2. The van der Waals surface area contributed by atoms with E-state index >= 15 is 0 Å². The zero-order chi connectivity index (χ0) is 13.1. The number of rotatable bonds is 3. The molecule has 0 aliphatic carbocycles. The van der Waals surface area contributed by atoms with Gasteiger partial charge in [0.2, 0.25) is 0 Å². The summed E-state index contributed by atoms with van der Waals surface area (Å²) in [6, 6.07) is 8.23. The van der Waals surface area contributed by atoms with E-state index in [9.17, 15) is 0 Å². The van der Waals surface area contributed by atoms with Crippen LogP contribution in [-0.4, -0.2) is 24.1 Å². The third kappa shape index (κ3) is 2.77. The smallest absolute Gasteiger partial charge is 0.136 e. The first kappa shape index (κ1) is 12.4. The average molecular weight is 242 g/mol. The molecule has 0 saturated heterocycles. The SMILES string of the molecule is Cc1ncc(C)c(Nc2cccc(N(C)C)c2)n1. The fraction of sp³-hybridized carbons (Fsp3) is 0.286. The van der Waals surface area contributed by atoms with Crippen molar-refractivity contribution in [3.05, 3.63) is 41.9 Å². The predicted molar refractivity (Wildman–Crippen MR) is 75.6 cm³/mol. The van der Waals surface area contributed by atoms with Crippen molar-refractivity contribution < 1.29 is 0 Å². The minimum absolute atomic E-state index is 0.770. The summed E-state index contributed by atoms with van der Waals surface area (Å²) in [6.07, 6.45) is 1.83. The van der Waals surface area contributed by atoms with Crippen LogP contribution >= 0.6 is 0 Å². The van der Waals surface area contributed by atoms with Gasteiger partial charge in [0.25, 0.3) is 0 Å². The molecule has 0 fully saturated rings. The minimum Gasteiger partial charge on any atom is -0.378 e. The highest BCUT2D eigenvalue weighted by molar-refractivity contribution is 5.64. The molecule has 0 radical (unpaired) electrons. The van der Waals surface area contributed by atoms with E-state index in [2.05, 4.69) is 32.3 Å². The van der Waals surface area contributed by atoms with E-state index in [0.717, 1.165) is 28.6 Å². The van der Waals surface area contributed by atoms with Gasteiger partial charge in [0, 0.05) is 37.2 Å². The molecule has 0 aliphatic rings. The minimum atomic E-state index is 0.770. The third-order valence-electron chi connectivity index (χ3n) is 2.72. The standard InChI is InChI=1S/C14H18N4/c1-10-9-15-11(2)16-14(10)17-12-6-5-7-13(8-12)18(3)4/h5-9H,1-4H3,(H,15,16,17). The monoisotopic (exact) mass is 242 g/mol.